The van der Waals surface area contributed by atoms with E-state index in [1.54, 1.807) is 7.11 Å². The van der Waals surface area contributed by atoms with Gasteiger partial charge in [-0.25, -0.2) is 0 Å². The van der Waals surface area contributed by atoms with Crippen LogP contribution in [-0.4, -0.2) is 43.9 Å². The molecule has 1 fully saturated rings. The maximum Gasteiger partial charge on any atom is 0.237 e. The van der Waals surface area contributed by atoms with Gasteiger partial charge < -0.3 is 20.9 Å². The third-order valence-corrected chi connectivity index (χ3v) is 3.61. The van der Waals surface area contributed by atoms with Crippen LogP contribution in [-0.2, 0) is 9.53 Å². The van der Waals surface area contributed by atoms with Gasteiger partial charge in [0.05, 0.1) is 12.6 Å². The lowest BCUT2D eigenvalue weighted by molar-refractivity contribution is -0.123. The minimum Gasteiger partial charge on any atom is -0.396 e. The van der Waals surface area contributed by atoms with Crippen molar-refractivity contribution in [3.63, 3.8) is 0 Å². The van der Waals surface area contributed by atoms with E-state index >= 15 is 0 Å². The Kier molecular flexibility index (Phi) is 5.88. The third-order valence-electron chi connectivity index (χ3n) is 3.61. The fraction of sp³-hybridized carbons (Fsp3) is 0.917. The van der Waals surface area contributed by atoms with E-state index < -0.39 is 6.04 Å². The number of hydrogen-bond donors (Lipinski definition) is 3. The highest BCUT2D eigenvalue weighted by Gasteiger charge is 2.33. The number of hydrogen-bond acceptors (Lipinski definition) is 4. The molecule has 0 spiro atoms. The van der Waals surface area contributed by atoms with Gasteiger partial charge in [-0.2, -0.15) is 0 Å². The third kappa shape index (κ3) is 4.26. The molecule has 100 valence electrons. The first-order valence-corrected chi connectivity index (χ1v) is 6.27. The molecule has 5 nitrogen and oxygen atoms in total. The first-order valence-electron chi connectivity index (χ1n) is 6.27. The fourth-order valence-electron chi connectivity index (χ4n) is 2.30. The molecule has 0 aromatic heterocycles. The van der Waals surface area contributed by atoms with Crippen molar-refractivity contribution in [2.24, 2.45) is 11.1 Å². The second-order valence-electron chi connectivity index (χ2n) is 4.97. The Labute approximate surface area is 103 Å². The van der Waals surface area contributed by atoms with Gasteiger partial charge in [0.2, 0.25) is 5.91 Å². The lowest BCUT2D eigenvalue weighted by Crippen LogP contribution is -2.46. The largest absolute Gasteiger partial charge is 0.396 e. The van der Waals surface area contributed by atoms with Crippen LogP contribution in [0.3, 0.4) is 0 Å². The molecule has 0 aromatic carbocycles. The predicted molar refractivity (Wildman–Crippen MR) is 65.5 cm³/mol. The summed E-state index contributed by atoms with van der Waals surface area (Å²) in [5.74, 6) is -0.151. The van der Waals surface area contributed by atoms with Gasteiger partial charge in [-0.15, -0.1) is 0 Å². The van der Waals surface area contributed by atoms with Crippen LogP contribution in [0.4, 0.5) is 0 Å². The smallest absolute Gasteiger partial charge is 0.237 e. The van der Waals surface area contributed by atoms with E-state index in [0.717, 1.165) is 25.7 Å². The summed E-state index contributed by atoms with van der Waals surface area (Å²) >= 11 is 0. The van der Waals surface area contributed by atoms with Crippen LogP contribution in [0.5, 0.6) is 0 Å². The molecule has 17 heavy (non-hydrogen) atoms. The Bertz CT molecular complexity index is 240. The number of carbonyl (C=O) groups excluding carboxylic acids is 1. The average molecular weight is 244 g/mol. The number of aliphatic hydroxyl groups is 1. The van der Waals surface area contributed by atoms with Crippen LogP contribution in [0, 0.1) is 5.41 Å². The Morgan fingerprint density at radius 1 is 1.53 bits per heavy atom. The molecule has 5 heteroatoms. The molecule has 4 N–H and O–H groups in total. The maximum absolute atomic E-state index is 11.7. The van der Waals surface area contributed by atoms with Crippen molar-refractivity contribution in [2.45, 2.75) is 38.1 Å². The molecule has 1 aliphatic rings. The fourth-order valence-corrected chi connectivity index (χ4v) is 2.30. The lowest BCUT2D eigenvalue weighted by Gasteiger charge is -2.27. The lowest BCUT2D eigenvalue weighted by atomic mass is 9.87. The van der Waals surface area contributed by atoms with E-state index in [-0.39, 0.29) is 17.9 Å². The molecule has 0 aromatic rings. The summed E-state index contributed by atoms with van der Waals surface area (Å²) in [6.07, 6.45) is 4.75. The second kappa shape index (κ2) is 6.93. The van der Waals surface area contributed by atoms with Gasteiger partial charge in [0, 0.05) is 25.7 Å². The van der Waals surface area contributed by atoms with Crippen LogP contribution in [0.25, 0.3) is 0 Å². The van der Waals surface area contributed by atoms with Gasteiger partial charge in [-0.1, -0.05) is 12.8 Å². The Hall–Kier alpha value is -0.650. The van der Waals surface area contributed by atoms with Gasteiger partial charge in [-0.3, -0.25) is 4.79 Å². The first-order chi connectivity index (χ1) is 8.13. The summed E-state index contributed by atoms with van der Waals surface area (Å²) in [7, 11) is 1.59. The van der Waals surface area contributed by atoms with E-state index in [2.05, 4.69) is 5.32 Å². The Balaban J connectivity index is 2.31. The molecule has 0 radical (unpaired) electrons. The van der Waals surface area contributed by atoms with Crippen molar-refractivity contribution in [1.82, 2.24) is 5.32 Å². The van der Waals surface area contributed by atoms with Crippen molar-refractivity contribution in [2.75, 3.05) is 26.9 Å². The standard InChI is InChI=1S/C12H24N2O3/c1-17-7-4-10(13)11(16)14-8-12(9-15)5-2-3-6-12/h10,15H,2-9,13H2,1H3,(H,14,16). The molecule has 1 rings (SSSR count). The predicted octanol–water partition coefficient (Wildman–Crippen LogP) is 0.0191. The molecule has 0 aliphatic heterocycles. The molecule has 1 unspecified atom stereocenters. The SMILES string of the molecule is COCCC(N)C(=O)NCC1(CO)CCCC1. The van der Waals surface area contributed by atoms with Crippen LogP contribution < -0.4 is 11.1 Å². The molecule has 0 saturated heterocycles. The molecule has 0 bridgehead atoms. The maximum atomic E-state index is 11.7. The van der Waals surface area contributed by atoms with Crippen LogP contribution in [0.15, 0.2) is 0 Å². The van der Waals surface area contributed by atoms with Gasteiger partial charge in [0.25, 0.3) is 0 Å². The topological polar surface area (TPSA) is 84.6 Å². The first kappa shape index (κ1) is 14.4. The summed E-state index contributed by atoms with van der Waals surface area (Å²) in [5, 5.41) is 12.3. The van der Waals surface area contributed by atoms with Crippen LogP contribution in [0.2, 0.25) is 0 Å². The molecule has 1 aliphatic carbocycles. The molecular weight excluding hydrogens is 220 g/mol. The number of nitrogens with two attached hydrogens (primary N) is 1. The summed E-state index contributed by atoms with van der Waals surface area (Å²) in [4.78, 5) is 11.7. The van der Waals surface area contributed by atoms with Crippen LogP contribution >= 0.6 is 0 Å². The van der Waals surface area contributed by atoms with Crippen molar-refractivity contribution in [3.8, 4) is 0 Å². The molecule has 1 amide bonds. The zero-order valence-electron chi connectivity index (χ0n) is 10.6. The van der Waals surface area contributed by atoms with Crippen molar-refractivity contribution in [1.29, 1.82) is 0 Å². The summed E-state index contributed by atoms with van der Waals surface area (Å²) in [6, 6.07) is -0.521. The monoisotopic (exact) mass is 244 g/mol. The number of ether oxygens (including phenoxy) is 1. The van der Waals surface area contributed by atoms with E-state index in [1.165, 1.54) is 0 Å². The van der Waals surface area contributed by atoms with Gasteiger partial charge in [-0.05, 0) is 19.3 Å². The molecule has 0 heterocycles. The molecule has 1 saturated carbocycles. The molecular formula is C12H24N2O3. The number of amides is 1. The highest BCUT2D eigenvalue weighted by molar-refractivity contribution is 5.81. The van der Waals surface area contributed by atoms with Gasteiger partial charge >= 0.3 is 0 Å². The van der Waals surface area contributed by atoms with Crippen molar-refractivity contribution in [3.05, 3.63) is 0 Å². The second-order valence-corrected chi connectivity index (χ2v) is 4.97. The zero-order valence-corrected chi connectivity index (χ0v) is 10.6. The zero-order chi connectivity index (χ0) is 12.7. The highest BCUT2D eigenvalue weighted by Crippen LogP contribution is 2.36. The average Bonchev–Trinajstić information content (AvgIpc) is 2.82. The van der Waals surface area contributed by atoms with Crippen molar-refractivity contribution >= 4 is 5.91 Å². The normalized spacial score (nSPS) is 20.2. The molecule has 1 atom stereocenters. The number of carbonyl (C=O) groups is 1. The number of aliphatic hydroxyl groups excluding tert-OH is 1. The van der Waals surface area contributed by atoms with Gasteiger partial charge in [0.15, 0.2) is 0 Å². The number of nitrogens with one attached hydrogen (secondary N) is 1. The minimum atomic E-state index is -0.521. The number of rotatable bonds is 7. The van der Waals surface area contributed by atoms with E-state index in [4.69, 9.17) is 10.5 Å². The van der Waals surface area contributed by atoms with Crippen LogP contribution in [0.1, 0.15) is 32.1 Å². The Morgan fingerprint density at radius 2 is 2.18 bits per heavy atom. The van der Waals surface area contributed by atoms with Crippen molar-refractivity contribution < 1.29 is 14.6 Å². The highest BCUT2D eigenvalue weighted by atomic mass is 16.5. The van der Waals surface area contributed by atoms with E-state index in [9.17, 15) is 9.90 Å². The summed E-state index contributed by atoms with van der Waals surface area (Å²) < 4.78 is 4.88. The number of methoxy groups -OCH3 is 1. The van der Waals surface area contributed by atoms with E-state index in [1.807, 2.05) is 0 Å². The minimum absolute atomic E-state index is 0.114. The quantitative estimate of drug-likeness (QED) is 0.589. The summed E-state index contributed by atoms with van der Waals surface area (Å²) in [5.41, 5.74) is 5.60. The van der Waals surface area contributed by atoms with E-state index in [0.29, 0.717) is 19.6 Å². The summed E-state index contributed by atoms with van der Waals surface area (Å²) in [6.45, 7) is 1.16. The van der Waals surface area contributed by atoms with Gasteiger partial charge in [0.1, 0.15) is 0 Å². The Morgan fingerprint density at radius 3 is 2.71 bits per heavy atom.